The number of ether oxygens (including phenoxy) is 1. The van der Waals surface area contributed by atoms with Crippen LogP contribution in [0.15, 0.2) is 30.4 Å². The van der Waals surface area contributed by atoms with E-state index >= 15 is 0 Å². The van der Waals surface area contributed by atoms with E-state index in [0.717, 1.165) is 6.42 Å². The predicted octanol–water partition coefficient (Wildman–Crippen LogP) is 1.99. The monoisotopic (exact) mass is 745 g/mol. The van der Waals surface area contributed by atoms with Crippen LogP contribution in [0.25, 0.3) is 0 Å². The molecule has 15 nitrogen and oxygen atoms in total. The molecule has 3 aliphatic heterocycles. The van der Waals surface area contributed by atoms with Crippen molar-refractivity contribution in [3.8, 4) is 0 Å². The average molecular weight is 746 g/mol. The Hall–Kier alpha value is -4.54. The number of amides is 5. The number of nitrogens with one attached hydrogen (secondary N) is 3. The van der Waals surface area contributed by atoms with E-state index in [0.29, 0.717) is 43.2 Å². The van der Waals surface area contributed by atoms with Crippen LogP contribution < -0.4 is 15.4 Å². The van der Waals surface area contributed by atoms with E-state index in [1.807, 2.05) is 6.08 Å². The molecule has 282 valence electrons. The maximum absolute atomic E-state index is 14.4. The average Bonchev–Trinajstić information content (AvgIpc) is 3.97. The van der Waals surface area contributed by atoms with E-state index in [2.05, 4.69) is 15.4 Å². The van der Waals surface area contributed by atoms with Crippen molar-refractivity contribution in [3.05, 3.63) is 47.3 Å². The van der Waals surface area contributed by atoms with Gasteiger partial charge in [0.2, 0.25) is 27.7 Å². The Kier molecular flexibility index (Phi) is 10.9. The number of hydrogen-bond donors (Lipinski definition) is 4. The molecule has 0 spiro atoms. The van der Waals surface area contributed by atoms with Crippen molar-refractivity contribution in [1.29, 1.82) is 0 Å². The van der Waals surface area contributed by atoms with Crippen molar-refractivity contribution in [2.45, 2.75) is 119 Å². The summed E-state index contributed by atoms with van der Waals surface area (Å²) in [5.74, 6) is -4.76. The summed E-state index contributed by atoms with van der Waals surface area (Å²) in [6.45, 7) is -0.133. The van der Waals surface area contributed by atoms with Crippen molar-refractivity contribution in [3.63, 3.8) is 0 Å². The molecule has 0 bridgehead atoms. The van der Waals surface area contributed by atoms with Crippen LogP contribution in [-0.2, 0) is 51.8 Å². The van der Waals surface area contributed by atoms with Gasteiger partial charge in [0.25, 0.3) is 5.91 Å². The predicted molar refractivity (Wildman–Crippen MR) is 181 cm³/mol. The van der Waals surface area contributed by atoms with Crippen LogP contribution in [0, 0.1) is 11.7 Å². The molecule has 5 aliphatic rings. The van der Waals surface area contributed by atoms with Crippen LogP contribution in [0.1, 0.15) is 88.2 Å². The van der Waals surface area contributed by atoms with Crippen LogP contribution in [0.2, 0.25) is 0 Å². The normalized spacial score (nSPS) is 28.2. The Morgan fingerprint density at radius 3 is 2.58 bits per heavy atom. The second-order valence-electron chi connectivity index (χ2n) is 14.4. The number of aliphatic carboxylic acids is 1. The van der Waals surface area contributed by atoms with E-state index in [1.165, 1.54) is 15.9 Å². The van der Waals surface area contributed by atoms with Gasteiger partial charge in [-0.05, 0) is 56.6 Å². The minimum absolute atomic E-state index is 0.0214. The number of carboxylic acid groups (broad SMARTS) is 1. The molecule has 3 fully saturated rings. The molecule has 6 rings (SSSR count). The van der Waals surface area contributed by atoms with E-state index in [1.54, 1.807) is 18.2 Å². The molecule has 5 amide bonds. The number of carbonyl (C=O) groups is 6. The van der Waals surface area contributed by atoms with Crippen LogP contribution in [0.4, 0.5) is 9.18 Å². The number of benzene rings is 1. The fourth-order valence-corrected chi connectivity index (χ4v) is 8.61. The molecule has 52 heavy (non-hydrogen) atoms. The third-order valence-electron chi connectivity index (χ3n) is 10.4. The van der Waals surface area contributed by atoms with Crippen molar-refractivity contribution >= 4 is 45.7 Å². The molecular formula is C35H44FN5O10S. The molecule has 5 atom stereocenters. The first-order chi connectivity index (χ1) is 24.8. The highest BCUT2D eigenvalue weighted by Gasteiger charge is 2.62. The quantitative estimate of drug-likeness (QED) is 0.270. The lowest BCUT2D eigenvalue weighted by molar-refractivity contribution is -0.142. The van der Waals surface area contributed by atoms with Crippen LogP contribution >= 0.6 is 0 Å². The summed E-state index contributed by atoms with van der Waals surface area (Å²) >= 11 is 0. The Morgan fingerprint density at radius 2 is 1.85 bits per heavy atom. The largest absolute Gasteiger partial charge is 0.481 e. The molecule has 3 heterocycles. The first kappa shape index (κ1) is 37.2. The lowest BCUT2D eigenvalue weighted by Gasteiger charge is -2.30. The van der Waals surface area contributed by atoms with Crippen molar-refractivity contribution in [2.75, 3.05) is 6.54 Å². The fraction of sp³-hybridized carbons (Fsp3) is 0.600. The Bertz CT molecular complexity index is 1770. The summed E-state index contributed by atoms with van der Waals surface area (Å²) < 4.78 is 47.8. The molecule has 2 saturated carbocycles. The van der Waals surface area contributed by atoms with Gasteiger partial charge in [-0.1, -0.05) is 37.1 Å². The van der Waals surface area contributed by atoms with Crippen molar-refractivity contribution in [1.82, 2.24) is 25.2 Å². The van der Waals surface area contributed by atoms with Gasteiger partial charge in [0, 0.05) is 37.3 Å². The van der Waals surface area contributed by atoms with Gasteiger partial charge in [-0.15, -0.1) is 0 Å². The van der Waals surface area contributed by atoms with Crippen LogP contribution in [0.3, 0.4) is 0 Å². The summed E-state index contributed by atoms with van der Waals surface area (Å²) in [6.07, 6.45) is 5.31. The second-order valence-corrected chi connectivity index (χ2v) is 16.3. The molecule has 0 aromatic heterocycles. The van der Waals surface area contributed by atoms with Gasteiger partial charge >= 0.3 is 12.1 Å². The summed E-state index contributed by atoms with van der Waals surface area (Å²) in [5.41, 5.74) is -0.578. The number of nitrogens with zero attached hydrogens (tertiary/aromatic N) is 2. The van der Waals surface area contributed by atoms with Crippen molar-refractivity contribution in [2.24, 2.45) is 5.92 Å². The summed E-state index contributed by atoms with van der Waals surface area (Å²) in [4.78, 5) is 81.7. The van der Waals surface area contributed by atoms with Gasteiger partial charge in [0.1, 0.15) is 29.5 Å². The fourth-order valence-electron chi connectivity index (χ4n) is 7.24. The first-order valence-electron chi connectivity index (χ1n) is 17.9. The molecule has 2 aliphatic carbocycles. The lowest BCUT2D eigenvalue weighted by atomic mass is 10.0. The minimum atomic E-state index is -3.94. The molecule has 3 unspecified atom stereocenters. The summed E-state index contributed by atoms with van der Waals surface area (Å²) in [6, 6.07) is 2.22. The van der Waals surface area contributed by atoms with Crippen LogP contribution in [-0.4, -0.2) is 94.5 Å². The maximum atomic E-state index is 14.4. The molecule has 1 aromatic carbocycles. The molecular weight excluding hydrogens is 701 g/mol. The topological polar surface area (TPSA) is 209 Å². The molecule has 4 N–H and O–H groups in total. The third kappa shape index (κ3) is 8.40. The van der Waals surface area contributed by atoms with E-state index in [-0.39, 0.29) is 58.2 Å². The smallest absolute Gasteiger partial charge is 0.410 e. The highest BCUT2D eigenvalue weighted by molar-refractivity contribution is 7.91. The maximum Gasteiger partial charge on any atom is 0.410 e. The van der Waals surface area contributed by atoms with Crippen molar-refractivity contribution < 1.29 is 51.4 Å². The summed E-state index contributed by atoms with van der Waals surface area (Å²) in [7, 11) is -3.94. The number of hydrogen-bond acceptors (Lipinski definition) is 9. The van der Waals surface area contributed by atoms with Gasteiger partial charge in [-0.25, -0.2) is 17.6 Å². The Morgan fingerprint density at radius 1 is 1.06 bits per heavy atom. The standard InChI is InChI=1S/C35H44FN5O10S/c36-26-10-6-8-21-18-40(20-25(21)26)34(48)51-23-16-28-31(45)38-35(33(47)39-52(49,50)24-14-15-24)17-22(35)9-4-2-1-3-5-11-27(32(46)41(28)19-23)37-29(42)12-7-13-30(43)44/h4,6,8-10,22-24,27-28H,1-3,5,7,11-20H2,(H,37,42)(H,38,45)(H,39,47)(H,43,44)/b9-4-/t22?,23-,27+,28?,35?/m1/s1. The Labute approximate surface area is 300 Å². The number of fused-ring (bicyclic) bond motifs is 3. The zero-order valence-electron chi connectivity index (χ0n) is 28.7. The second kappa shape index (κ2) is 15.2. The molecule has 1 saturated heterocycles. The highest BCUT2D eigenvalue weighted by atomic mass is 32.2. The SMILES string of the molecule is O=C(O)CCCC(=O)N[C@H]1CCCCC/C=C\C2CC2(C(=O)NS(=O)(=O)C2CC2)NC(=O)C2C[C@@H](OC(=O)N3Cc4cccc(F)c4C3)CN2C1=O. The van der Waals surface area contributed by atoms with E-state index in [4.69, 9.17) is 9.84 Å². The van der Waals surface area contributed by atoms with Gasteiger partial charge in [0.15, 0.2) is 0 Å². The highest BCUT2D eigenvalue weighted by Crippen LogP contribution is 2.46. The number of carboxylic acids is 1. The first-order valence-corrected chi connectivity index (χ1v) is 19.4. The zero-order chi connectivity index (χ0) is 37.2. The lowest BCUT2D eigenvalue weighted by Crippen LogP contribution is -2.58. The van der Waals surface area contributed by atoms with E-state index in [9.17, 15) is 41.6 Å². The molecule has 0 radical (unpaired) electrons. The van der Waals surface area contributed by atoms with E-state index < -0.39 is 86.4 Å². The minimum Gasteiger partial charge on any atom is -0.481 e. The Balaban J connectivity index is 1.23. The number of sulfonamides is 1. The number of rotatable bonds is 9. The van der Waals surface area contributed by atoms with Gasteiger partial charge in [-0.2, -0.15) is 0 Å². The van der Waals surface area contributed by atoms with Crippen LogP contribution in [0.5, 0.6) is 0 Å². The molecule has 17 heteroatoms. The number of halogens is 1. The molecule has 1 aromatic rings. The number of allylic oxidation sites excluding steroid dienone is 1. The number of carbonyl (C=O) groups excluding carboxylic acids is 5. The van der Waals surface area contributed by atoms with Gasteiger partial charge < -0.3 is 25.4 Å². The third-order valence-corrected chi connectivity index (χ3v) is 12.2. The zero-order valence-corrected chi connectivity index (χ0v) is 29.5. The van der Waals surface area contributed by atoms with Gasteiger partial charge in [0.05, 0.1) is 18.3 Å². The van der Waals surface area contributed by atoms with Gasteiger partial charge in [-0.3, -0.25) is 33.6 Å². The summed E-state index contributed by atoms with van der Waals surface area (Å²) in [5, 5.41) is 13.8.